The van der Waals surface area contributed by atoms with E-state index in [1.807, 2.05) is 0 Å². The monoisotopic (exact) mass is 383 g/mol. The third kappa shape index (κ3) is 8.29. The smallest absolute Gasteiger partial charge is 0.246 e. The summed E-state index contributed by atoms with van der Waals surface area (Å²) in [6.45, 7) is 3.83. The van der Waals surface area contributed by atoms with Crippen molar-refractivity contribution < 1.29 is 29.2 Å². The summed E-state index contributed by atoms with van der Waals surface area (Å²) in [5, 5.41) is 12.9. The van der Waals surface area contributed by atoms with E-state index in [0.29, 0.717) is 30.9 Å². The van der Waals surface area contributed by atoms with Gasteiger partial charge in [-0.05, 0) is 26.2 Å². The fraction of sp³-hybridized carbons (Fsp3) is 0.722. The predicted octanol–water partition coefficient (Wildman–Crippen LogP) is 0.645. The molecule has 1 unspecified atom stereocenters. The van der Waals surface area contributed by atoms with Gasteiger partial charge >= 0.3 is 0 Å². The topological polar surface area (TPSA) is 124 Å². The van der Waals surface area contributed by atoms with E-state index in [9.17, 15) is 29.2 Å². The highest BCUT2D eigenvalue weighted by Gasteiger charge is 2.35. The Labute approximate surface area is 159 Å². The zero-order valence-corrected chi connectivity index (χ0v) is 16.0. The minimum absolute atomic E-state index is 0.00267. The third-order valence-corrected chi connectivity index (χ3v) is 4.38. The van der Waals surface area contributed by atoms with Crippen molar-refractivity contribution in [3.8, 4) is 0 Å². The molecule has 1 aliphatic heterocycles. The Morgan fingerprint density at radius 2 is 1.85 bits per heavy atom. The van der Waals surface area contributed by atoms with Crippen LogP contribution < -0.4 is 5.32 Å². The van der Waals surface area contributed by atoms with Gasteiger partial charge in [0.25, 0.3) is 0 Å². The fourth-order valence-electron chi connectivity index (χ4n) is 2.71. The van der Waals surface area contributed by atoms with Crippen LogP contribution in [0.1, 0.15) is 58.8 Å². The molecule has 1 heterocycles. The van der Waals surface area contributed by atoms with Gasteiger partial charge in [-0.3, -0.25) is 29.3 Å². The van der Waals surface area contributed by atoms with Gasteiger partial charge in [0.15, 0.2) is 0 Å². The van der Waals surface area contributed by atoms with Crippen molar-refractivity contribution in [2.24, 2.45) is 5.92 Å². The van der Waals surface area contributed by atoms with Gasteiger partial charge in [0.2, 0.25) is 23.6 Å². The molecule has 0 radical (unpaired) electrons. The second kappa shape index (κ2) is 11.4. The summed E-state index contributed by atoms with van der Waals surface area (Å²) in [5.74, 6) is -1.55. The molecule has 0 aromatic rings. The quantitative estimate of drug-likeness (QED) is 0.221. The first-order chi connectivity index (χ1) is 12.7. The number of amides is 4. The zero-order chi connectivity index (χ0) is 20.4. The number of rotatable bonds is 12. The van der Waals surface area contributed by atoms with Gasteiger partial charge in [-0.1, -0.05) is 6.92 Å². The average Bonchev–Trinajstić information content (AvgIpc) is 2.85. The number of carbonyl (C=O) groups is 5. The van der Waals surface area contributed by atoms with E-state index in [0.717, 1.165) is 4.90 Å². The average molecular weight is 383 g/mol. The summed E-state index contributed by atoms with van der Waals surface area (Å²) in [7, 11) is 0. The van der Waals surface area contributed by atoms with Crippen molar-refractivity contribution >= 4 is 29.4 Å². The van der Waals surface area contributed by atoms with E-state index < -0.39 is 5.91 Å². The van der Waals surface area contributed by atoms with Crippen LogP contribution in [0.5, 0.6) is 0 Å². The number of Topliss-reactive ketones (excluding diaryl/α,β-unsaturated/α-hetero) is 1. The normalized spacial score (nSPS) is 16.6. The van der Waals surface area contributed by atoms with Gasteiger partial charge in [-0.25, -0.2) is 5.06 Å². The number of imide groups is 1. The van der Waals surface area contributed by atoms with Crippen LogP contribution in [-0.4, -0.2) is 64.2 Å². The molecule has 0 aromatic carbocycles. The number of likely N-dealkylation sites (tertiary alicyclic amines) is 1. The number of hydrogen-bond donors (Lipinski definition) is 2. The van der Waals surface area contributed by atoms with Gasteiger partial charge in [0.1, 0.15) is 5.78 Å². The van der Waals surface area contributed by atoms with Crippen molar-refractivity contribution in [1.29, 1.82) is 0 Å². The fourth-order valence-corrected chi connectivity index (χ4v) is 2.71. The largest absolute Gasteiger partial charge is 0.356 e. The van der Waals surface area contributed by atoms with Crippen molar-refractivity contribution in [3.05, 3.63) is 0 Å². The maximum Gasteiger partial charge on any atom is 0.246 e. The first-order valence-electron chi connectivity index (χ1n) is 9.32. The van der Waals surface area contributed by atoms with E-state index in [2.05, 4.69) is 5.32 Å². The van der Waals surface area contributed by atoms with Gasteiger partial charge in [-0.15, -0.1) is 0 Å². The Morgan fingerprint density at radius 3 is 2.44 bits per heavy atom. The number of hydroxylamine groups is 2. The Bertz CT molecular complexity index is 577. The molecular formula is C18H29N3O6. The van der Waals surface area contributed by atoms with Crippen molar-refractivity contribution in [2.75, 3.05) is 19.6 Å². The molecule has 0 bridgehead atoms. The summed E-state index contributed by atoms with van der Waals surface area (Å²) >= 11 is 0. The lowest BCUT2D eigenvalue weighted by molar-refractivity contribution is -0.166. The number of hydrogen-bond acceptors (Lipinski definition) is 6. The van der Waals surface area contributed by atoms with E-state index in [1.165, 1.54) is 6.92 Å². The molecule has 9 nitrogen and oxygen atoms in total. The highest BCUT2D eigenvalue weighted by Crippen LogP contribution is 2.18. The molecule has 1 atom stereocenters. The molecular weight excluding hydrogens is 354 g/mol. The van der Waals surface area contributed by atoms with Crippen molar-refractivity contribution in [3.63, 3.8) is 0 Å². The molecule has 0 spiro atoms. The molecule has 1 rings (SSSR count). The summed E-state index contributed by atoms with van der Waals surface area (Å²) < 4.78 is 0. The van der Waals surface area contributed by atoms with E-state index in [-0.39, 0.29) is 68.2 Å². The Morgan fingerprint density at radius 1 is 1.15 bits per heavy atom. The Balaban J connectivity index is 2.07. The maximum atomic E-state index is 11.8. The molecule has 152 valence electrons. The second-order valence-electron chi connectivity index (χ2n) is 6.87. The Kier molecular flexibility index (Phi) is 9.63. The molecule has 2 N–H and O–H groups in total. The Hall–Kier alpha value is -2.29. The lowest BCUT2D eigenvalue weighted by atomic mass is 10.1. The first kappa shape index (κ1) is 22.8. The lowest BCUT2D eigenvalue weighted by Gasteiger charge is -2.15. The minimum atomic E-state index is -0.473. The summed E-state index contributed by atoms with van der Waals surface area (Å²) in [4.78, 5) is 58.6. The van der Waals surface area contributed by atoms with Gasteiger partial charge in [-0.2, -0.15) is 0 Å². The van der Waals surface area contributed by atoms with Crippen molar-refractivity contribution in [2.45, 2.75) is 58.8 Å². The molecule has 4 amide bonds. The van der Waals surface area contributed by atoms with Crippen LogP contribution in [0.2, 0.25) is 0 Å². The SMILES string of the molecule is CC(=O)CCC(=O)N(O)CCCCCNC(=O)CCN1C(=O)CC(C)C1=O. The number of nitrogens with zero attached hydrogens (tertiary/aromatic N) is 2. The molecule has 1 aliphatic rings. The van der Waals surface area contributed by atoms with Gasteiger partial charge in [0, 0.05) is 51.2 Å². The van der Waals surface area contributed by atoms with Crippen LogP contribution >= 0.6 is 0 Å². The van der Waals surface area contributed by atoms with E-state index in [4.69, 9.17) is 0 Å². The van der Waals surface area contributed by atoms with E-state index in [1.54, 1.807) is 6.92 Å². The first-order valence-corrected chi connectivity index (χ1v) is 9.32. The molecule has 0 aliphatic carbocycles. The summed E-state index contributed by atoms with van der Waals surface area (Å²) in [5.41, 5.74) is 0. The van der Waals surface area contributed by atoms with E-state index >= 15 is 0 Å². The van der Waals surface area contributed by atoms with Crippen LogP contribution in [0, 0.1) is 5.92 Å². The second-order valence-corrected chi connectivity index (χ2v) is 6.87. The van der Waals surface area contributed by atoms with Crippen LogP contribution in [0.15, 0.2) is 0 Å². The molecule has 1 saturated heterocycles. The highest BCUT2D eigenvalue weighted by atomic mass is 16.5. The number of nitrogens with one attached hydrogen (secondary N) is 1. The summed E-state index contributed by atoms with van der Waals surface area (Å²) in [6.07, 6.45) is 2.38. The van der Waals surface area contributed by atoms with Crippen LogP contribution in [0.3, 0.4) is 0 Å². The zero-order valence-electron chi connectivity index (χ0n) is 16.0. The molecule has 0 aromatic heterocycles. The number of carbonyl (C=O) groups excluding carboxylic acids is 5. The number of unbranched alkanes of at least 4 members (excludes halogenated alkanes) is 2. The molecule has 27 heavy (non-hydrogen) atoms. The third-order valence-electron chi connectivity index (χ3n) is 4.38. The highest BCUT2D eigenvalue weighted by molar-refractivity contribution is 6.03. The molecule has 1 fully saturated rings. The van der Waals surface area contributed by atoms with Crippen LogP contribution in [0.25, 0.3) is 0 Å². The van der Waals surface area contributed by atoms with Crippen LogP contribution in [0.4, 0.5) is 0 Å². The summed E-state index contributed by atoms with van der Waals surface area (Å²) in [6, 6.07) is 0. The molecule has 9 heteroatoms. The van der Waals surface area contributed by atoms with Gasteiger partial charge in [0.05, 0.1) is 0 Å². The number of ketones is 1. The predicted molar refractivity (Wildman–Crippen MR) is 95.4 cm³/mol. The standard InChI is InChI=1S/C18H29N3O6/c1-13-12-17(25)20(18(13)26)11-8-15(23)19-9-4-3-5-10-21(27)16(24)7-6-14(2)22/h13,27H,3-12H2,1-2H3,(H,19,23). The van der Waals surface area contributed by atoms with Gasteiger partial charge < -0.3 is 10.1 Å². The maximum absolute atomic E-state index is 11.8. The van der Waals surface area contributed by atoms with Crippen LogP contribution in [-0.2, 0) is 24.0 Å². The minimum Gasteiger partial charge on any atom is -0.356 e. The lowest BCUT2D eigenvalue weighted by Crippen LogP contribution is -2.35. The van der Waals surface area contributed by atoms with Crippen molar-refractivity contribution in [1.82, 2.24) is 15.3 Å². The molecule has 0 saturated carbocycles.